The molecule has 1 N–H and O–H groups in total. The van der Waals surface area contributed by atoms with Gasteiger partial charge in [-0.05, 0) is 18.1 Å². The van der Waals surface area contributed by atoms with Gasteiger partial charge in [-0.3, -0.25) is 4.79 Å². The summed E-state index contributed by atoms with van der Waals surface area (Å²) in [6.07, 6.45) is -2.47. The summed E-state index contributed by atoms with van der Waals surface area (Å²) in [5.74, 6) is -1.53. The van der Waals surface area contributed by atoms with Crippen molar-refractivity contribution in [3.63, 3.8) is 0 Å². The van der Waals surface area contributed by atoms with Gasteiger partial charge in [-0.1, -0.05) is 19.1 Å². The number of carboxylic acid groups (broad SMARTS) is 1. The van der Waals surface area contributed by atoms with Gasteiger partial charge in [0.2, 0.25) is 0 Å². The number of methoxy groups -OCH3 is 1. The summed E-state index contributed by atoms with van der Waals surface area (Å²) in [6.45, 7) is 1.52. The molecule has 0 saturated carbocycles. The molecule has 0 aliphatic heterocycles. The minimum atomic E-state index is -2.63. The van der Waals surface area contributed by atoms with E-state index in [0.717, 1.165) is 0 Å². The Morgan fingerprint density at radius 3 is 2.59 bits per heavy atom. The van der Waals surface area contributed by atoms with E-state index < -0.39 is 18.3 Å². The van der Waals surface area contributed by atoms with Crippen molar-refractivity contribution >= 4 is 5.97 Å². The molecule has 1 atom stereocenters. The summed E-state index contributed by atoms with van der Waals surface area (Å²) in [4.78, 5) is 10.7. The lowest BCUT2D eigenvalue weighted by molar-refractivity contribution is -0.141. The van der Waals surface area contributed by atoms with Gasteiger partial charge in [-0.2, -0.15) is 0 Å². The Kier molecular flexibility index (Phi) is 4.43. The number of aliphatic carboxylic acids is 1. The zero-order chi connectivity index (χ0) is 13.0. The fourth-order valence-electron chi connectivity index (χ4n) is 1.60. The van der Waals surface area contributed by atoms with Gasteiger partial charge in [0.15, 0.2) is 0 Å². The summed E-state index contributed by atoms with van der Waals surface area (Å²) in [6, 6.07) is 4.36. The SMILES string of the molecule is COc1c(CC(C)C(=O)O)cccc1C(F)F. The highest BCUT2D eigenvalue weighted by Crippen LogP contribution is 2.33. The Morgan fingerprint density at radius 2 is 2.12 bits per heavy atom. The third kappa shape index (κ3) is 3.15. The first kappa shape index (κ1) is 13.4. The number of ether oxygens (including phenoxy) is 1. The maximum atomic E-state index is 12.7. The molecule has 17 heavy (non-hydrogen) atoms. The first-order valence-electron chi connectivity index (χ1n) is 5.14. The fourth-order valence-corrected chi connectivity index (χ4v) is 1.60. The number of hydrogen-bond acceptors (Lipinski definition) is 2. The van der Waals surface area contributed by atoms with Gasteiger partial charge >= 0.3 is 5.97 Å². The average Bonchev–Trinajstić information content (AvgIpc) is 2.28. The van der Waals surface area contributed by atoms with Crippen LogP contribution in [0.2, 0.25) is 0 Å². The molecule has 0 spiro atoms. The van der Waals surface area contributed by atoms with E-state index in [4.69, 9.17) is 9.84 Å². The first-order valence-corrected chi connectivity index (χ1v) is 5.14. The Hall–Kier alpha value is -1.65. The molecule has 0 fully saturated rings. The topological polar surface area (TPSA) is 46.5 Å². The standard InChI is InChI=1S/C12H14F2O3/c1-7(12(15)16)6-8-4-3-5-9(11(13)14)10(8)17-2/h3-5,7,11H,6H2,1-2H3,(H,15,16). The number of carbonyl (C=O) groups is 1. The molecule has 1 aromatic rings. The van der Waals surface area contributed by atoms with Gasteiger partial charge in [0.25, 0.3) is 6.43 Å². The molecule has 1 rings (SSSR count). The van der Waals surface area contributed by atoms with Crippen LogP contribution in [0.3, 0.4) is 0 Å². The Bertz CT molecular complexity index is 405. The van der Waals surface area contributed by atoms with Crippen molar-refractivity contribution in [1.29, 1.82) is 0 Å². The Labute approximate surface area is 98.0 Å². The Balaban J connectivity index is 3.07. The molecule has 0 heterocycles. The average molecular weight is 244 g/mol. The van der Waals surface area contributed by atoms with E-state index in [0.29, 0.717) is 5.56 Å². The lowest BCUT2D eigenvalue weighted by Crippen LogP contribution is -2.13. The molecule has 94 valence electrons. The second-order valence-electron chi connectivity index (χ2n) is 3.78. The predicted molar refractivity (Wildman–Crippen MR) is 58.5 cm³/mol. The highest BCUT2D eigenvalue weighted by atomic mass is 19.3. The predicted octanol–water partition coefficient (Wildman–Crippen LogP) is 2.90. The summed E-state index contributed by atoms with van der Waals surface area (Å²) < 4.78 is 30.3. The zero-order valence-corrected chi connectivity index (χ0v) is 9.61. The Morgan fingerprint density at radius 1 is 1.47 bits per heavy atom. The number of para-hydroxylation sites is 1. The van der Waals surface area contributed by atoms with Gasteiger partial charge in [0.05, 0.1) is 18.6 Å². The lowest BCUT2D eigenvalue weighted by atomic mass is 9.98. The largest absolute Gasteiger partial charge is 0.496 e. The summed E-state index contributed by atoms with van der Waals surface area (Å²) in [5.41, 5.74) is 0.280. The van der Waals surface area contributed by atoms with Crippen LogP contribution in [-0.2, 0) is 11.2 Å². The molecule has 0 aliphatic carbocycles. The van der Waals surface area contributed by atoms with Crippen LogP contribution in [0.15, 0.2) is 18.2 Å². The van der Waals surface area contributed by atoms with Crippen molar-refractivity contribution < 1.29 is 23.4 Å². The van der Waals surface area contributed by atoms with Crippen LogP contribution in [0.4, 0.5) is 8.78 Å². The van der Waals surface area contributed by atoms with E-state index in [-0.39, 0.29) is 17.7 Å². The van der Waals surface area contributed by atoms with Crippen molar-refractivity contribution in [2.24, 2.45) is 5.92 Å². The van der Waals surface area contributed by atoms with Crippen LogP contribution in [0.1, 0.15) is 24.5 Å². The van der Waals surface area contributed by atoms with Gasteiger partial charge in [0, 0.05) is 0 Å². The quantitative estimate of drug-likeness (QED) is 0.866. The zero-order valence-electron chi connectivity index (χ0n) is 9.61. The molecule has 0 radical (unpaired) electrons. The molecule has 0 bridgehead atoms. The maximum Gasteiger partial charge on any atom is 0.306 e. The maximum absolute atomic E-state index is 12.7. The van der Waals surface area contributed by atoms with E-state index >= 15 is 0 Å². The number of halogens is 2. The number of alkyl halides is 2. The fraction of sp³-hybridized carbons (Fsp3) is 0.417. The molecule has 1 aromatic carbocycles. The third-order valence-corrected chi connectivity index (χ3v) is 2.51. The van der Waals surface area contributed by atoms with Crippen LogP contribution in [-0.4, -0.2) is 18.2 Å². The molecular formula is C12H14F2O3. The highest BCUT2D eigenvalue weighted by Gasteiger charge is 2.20. The number of hydrogen-bond donors (Lipinski definition) is 1. The van der Waals surface area contributed by atoms with Crippen molar-refractivity contribution in [1.82, 2.24) is 0 Å². The highest BCUT2D eigenvalue weighted by molar-refractivity contribution is 5.70. The minimum Gasteiger partial charge on any atom is -0.496 e. The van der Waals surface area contributed by atoms with Gasteiger partial charge < -0.3 is 9.84 Å². The van der Waals surface area contributed by atoms with Crippen LogP contribution in [0.5, 0.6) is 5.75 Å². The molecule has 1 unspecified atom stereocenters. The van der Waals surface area contributed by atoms with Crippen LogP contribution in [0.25, 0.3) is 0 Å². The van der Waals surface area contributed by atoms with Crippen LogP contribution in [0, 0.1) is 5.92 Å². The molecule has 0 amide bonds. The van der Waals surface area contributed by atoms with E-state index in [1.807, 2.05) is 0 Å². The van der Waals surface area contributed by atoms with Crippen molar-refractivity contribution in [3.05, 3.63) is 29.3 Å². The second kappa shape index (κ2) is 5.61. The normalized spacial score (nSPS) is 12.5. The molecule has 0 aliphatic rings. The molecule has 3 nitrogen and oxygen atoms in total. The number of benzene rings is 1. The van der Waals surface area contributed by atoms with Crippen LogP contribution < -0.4 is 4.74 Å². The van der Waals surface area contributed by atoms with E-state index in [2.05, 4.69) is 0 Å². The summed E-state index contributed by atoms with van der Waals surface area (Å²) in [7, 11) is 1.30. The van der Waals surface area contributed by atoms with Gasteiger partial charge in [0.1, 0.15) is 5.75 Å². The lowest BCUT2D eigenvalue weighted by Gasteiger charge is -2.14. The first-order chi connectivity index (χ1) is 7.97. The van der Waals surface area contributed by atoms with Crippen LogP contribution >= 0.6 is 0 Å². The number of rotatable bonds is 5. The third-order valence-electron chi connectivity index (χ3n) is 2.51. The van der Waals surface area contributed by atoms with Crippen molar-refractivity contribution in [3.8, 4) is 5.75 Å². The molecular weight excluding hydrogens is 230 g/mol. The second-order valence-corrected chi connectivity index (χ2v) is 3.78. The van der Waals surface area contributed by atoms with E-state index in [9.17, 15) is 13.6 Å². The van der Waals surface area contributed by atoms with E-state index in [1.165, 1.54) is 26.2 Å². The van der Waals surface area contributed by atoms with E-state index in [1.54, 1.807) is 6.07 Å². The summed E-state index contributed by atoms with van der Waals surface area (Å²) in [5, 5.41) is 8.80. The number of carboxylic acids is 1. The summed E-state index contributed by atoms with van der Waals surface area (Å²) >= 11 is 0. The monoisotopic (exact) mass is 244 g/mol. The minimum absolute atomic E-state index is 0.0793. The van der Waals surface area contributed by atoms with Crippen molar-refractivity contribution in [2.75, 3.05) is 7.11 Å². The molecule has 0 saturated heterocycles. The van der Waals surface area contributed by atoms with Crippen molar-refractivity contribution in [2.45, 2.75) is 19.8 Å². The van der Waals surface area contributed by atoms with Gasteiger partial charge in [-0.25, -0.2) is 8.78 Å². The molecule has 0 aromatic heterocycles. The van der Waals surface area contributed by atoms with Gasteiger partial charge in [-0.15, -0.1) is 0 Å². The smallest absolute Gasteiger partial charge is 0.306 e. The molecule has 5 heteroatoms.